The van der Waals surface area contributed by atoms with Crippen LogP contribution < -0.4 is 10.1 Å². The van der Waals surface area contributed by atoms with Gasteiger partial charge in [-0.25, -0.2) is 0 Å². The van der Waals surface area contributed by atoms with Crippen LogP contribution in [-0.2, 0) is 6.42 Å². The first kappa shape index (κ1) is 17.0. The summed E-state index contributed by atoms with van der Waals surface area (Å²) in [4.78, 5) is 0. The highest BCUT2D eigenvalue weighted by Gasteiger charge is 2.20. The highest BCUT2D eigenvalue weighted by atomic mass is 16.5. The Morgan fingerprint density at radius 1 is 1.20 bits per heavy atom. The molecule has 3 nitrogen and oxygen atoms in total. The fourth-order valence-electron chi connectivity index (χ4n) is 2.51. The lowest BCUT2D eigenvalue weighted by molar-refractivity contribution is 0.126. The molecule has 0 heterocycles. The van der Waals surface area contributed by atoms with Crippen LogP contribution in [0.5, 0.6) is 5.75 Å². The molecule has 0 aliphatic carbocycles. The smallest absolute Gasteiger partial charge is 0.118 e. The maximum absolute atomic E-state index is 9.50. The predicted octanol–water partition coefficient (Wildman–Crippen LogP) is 3.01. The van der Waals surface area contributed by atoms with Crippen molar-refractivity contribution >= 4 is 0 Å². The summed E-state index contributed by atoms with van der Waals surface area (Å²) in [5.74, 6) is 0.896. The minimum Gasteiger partial charge on any atom is -0.497 e. The van der Waals surface area contributed by atoms with Gasteiger partial charge in [0.2, 0.25) is 0 Å². The number of aliphatic hydroxyl groups excluding tert-OH is 1. The van der Waals surface area contributed by atoms with Crippen LogP contribution in [0.2, 0.25) is 0 Å². The summed E-state index contributed by atoms with van der Waals surface area (Å²) < 4.78 is 5.16. The van der Waals surface area contributed by atoms with Crippen LogP contribution in [0.25, 0.3) is 0 Å². The monoisotopic (exact) mass is 279 g/mol. The Balaban J connectivity index is 2.41. The van der Waals surface area contributed by atoms with Crippen molar-refractivity contribution in [1.29, 1.82) is 0 Å². The molecule has 0 saturated carbocycles. The number of nitrogens with one attached hydrogen (secondary N) is 1. The van der Waals surface area contributed by atoms with Gasteiger partial charge in [0.15, 0.2) is 0 Å². The van der Waals surface area contributed by atoms with Gasteiger partial charge in [0, 0.05) is 12.6 Å². The molecule has 0 fully saturated rings. The van der Waals surface area contributed by atoms with E-state index >= 15 is 0 Å². The first-order valence-corrected chi connectivity index (χ1v) is 7.37. The second-order valence-electron chi connectivity index (χ2n) is 6.55. The molecule has 1 aromatic rings. The SMILES string of the molecule is COc1ccc(CC(C)NCC(C)(C)CC(C)O)cc1. The minimum absolute atomic E-state index is 0.113. The molecule has 0 aromatic heterocycles. The number of benzene rings is 1. The van der Waals surface area contributed by atoms with Crippen LogP contribution >= 0.6 is 0 Å². The van der Waals surface area contributed by atoms with Gasteiger partial charge >= 0.3 is 0 Å². The zero-order valence-electron chi connectivity index (χ0n) is 13.4. The highest BCUT2D eigenvalue weighted by Crippen LogP contribution is 2.21. The van der Waals surface area contributed by atoms with Crippen molar-refractivity contribution in [1.82, 2.24) is 5.32 Å². The van der Waals surface area contributed by atoms with Crippen LogP contribution in [-0.4, -0.2) is 30.9 Å². The average molecular weight is 279 g/mol. The molecule has 1 rings (SSSR count). The standard InChI is InChI=1S/C17H29NO2/c1-13(18-12-17(3,4)11-14(2)19)10-15-6-8-16(20-5)9-7-15/h6-9,13-14,18-19H,10-12H2,1-5H3. The van der Waals surface area contributed by atoms with Crippen LogP contribution in [0.15, 0.2) is 24.3 Å². The van der Waals surface area contributed by atoms with Gasteiger partial charge in [-0.1, -0.05) is 26.0 Å². The van der Waals surface area contributed by atoms with Crippen LogP contribution in [0.4, 0.5) is 0 Å². The molecular formula is C17H29NO2. The minimum atomic E-state index is -0.247. The molecule has 20 heavy (non-hydrogen) atoms. The molecule has 0 aliphatic rings. The fraction of sp³-hybridized carbons (Fsp3) is 0.647. The van der Waals surface area contributed by atoms with E-state index in [9.17, 15) is 5.11 Å². The molecule has 0 radical (unpaired) electrons. The van der Waals surface area contributed by atoms with Gasteiger partial charge in [0.25, 0.3) is 0 Å². The molecular weight excluding hydrogens is 250 g/mol. The Morgan fingerprint density at radius 2 is 1.80 bits per heavy atom. The van der Waals surface area contributed by atoms with Crippen LogP contribution in [0.1, 0.15) is 39.7 Å². The first-order valence-electron chi connectivity index (χ1n) is 7.37. The first-order chi connectivity index (χ1) is 9.32. The maximum atomic E-state index is 9.50. The molecule has 0 bridgehead atoms. The van der Waals surface area contributed by atoms with Gasteiger partial charge in [-0.3, -0.25) is 0 Å². The molecule has 2 atom stereocenters. The van der Waals surface area contributed by atoms with Crippen molar-refractivity contribution < 1.29 is 9.84 Å². The van der Waals surface area contributed by atoms with Gasteiger partial charge in [-0.05, 0) is 49.8 Å². The summed E-state index contributed by atoms with van der Waals surface area (Å²) in [7, 11) is 1.68. The Bertz CT molecular complexity index is 384. The summed E-state index contributed by atoms with van der Waals surface area (Å²) in [5, 5.41) is 13.1. The number of ether oxygens (including phenoxy) is 1. The molecule has 3 heteroatoms. The molecule has 0 saturated heterocycles. The molecule has 0 amide bonds. The van der Waals surface area contributed by atoms with Crippen molar-refractivity contribution in [3.63, 3.8) is 0 Å². The van der Waals surface area contributed by atoms with Crippen molar-refractivity contribution in [2.45, 2.75) is 52.7 Å². The summed E-state index contributed by atoms with van der Waals surface area (Å²) in [6.45, 7) is 9.33. The summed E-state index contributed by atoms with van der Waals surface area (Å²) >= 11 is 0. The second kappa shape index (κ2) is 7.65. The van der Waals surface area contributed by atoms with Crippen LogP contribution in [0, 0.1) is 5.41 Å². The third-order valence-electron chi connectivity index (χ3n) is 3.48. The number of hydrogen-bond donors (Lipinski definition) is 2. The number of hydrogen-bond acceptors (Lipinski definition) is 3. The molecule has 114 valence electrons. The second-order valence-corrected chi connectivity index (χ2v) is 6.55. The van der Waals surface area contributed by atoms with Crippen molar-refractivity contribution in [3.8, 4) is 5.75 Å². The molecule has 0 spiro atoms. The third kappa shape index (κ3) is 6.40. The third-order valence-corrected chi connectivity index (χ3v) is 3.48. The zero-order chi connectivity index (χ0) is 15.2. The Morgan fingerprint density at radius 3 is 2.30 bits per heavy atom. The Labute approximate surface area is 123 Å². The number of aliphatic hydroxyl groups is 1. The van der Waals surface area contributed by atoms with Crippen molar-refractivity contribution in [2.75, 3.05) is 13.7 Å². The van der Waals surface area contributed by atoms with E-state index in [0.29, 0.717) is 6.04 Å². The van der Waals surface area contributed by atoms with Gasteiger partial charge in [-0.15, -0.1) is 0 Å². The van der Waals surface area contributed by atoms with E-state index in [1.165, 1.54) is 5.56 Å². The topological polar surface area (TPSA) is 41.5 Å². The van der Waals surface area contributed by atoms with E-state index < -0.39 is 0 Å². The normalized spacial score (nSPS) is 14.9. The molecule has 2 unspecified atom stereocenters. The van der Waals surface area contributed by atoms with E-state index in [1.807, 2.05) is 19.1 Å². The van der Waals surface area contributed by atoms with Gasteiger partial charge in [0.1, 0.15) is 5.75 Å². The quantitative estimate of drug-likeness (QED) is 0.768. The summed E-state index contributed by atoms with van der Waals surface area (Å²) in [6, 6.07) is 8.63. The van der Waals surface area contributed by atoms with Gasteiger partial charge in [-0.2, -0.15) is 0 Å². The van der Waals surface area contributed by atoms with E-state index in [0.717, 1.165) is 25.1 Å². The van der Waals surface area contributed by atoms with Gasteiger partial charge < -0.3 is 15.2 Å². The zero-order valence-corrected chi connectivity index (χ0v) is 13.4. The largest absolute Gasteiger partial charge is 0.497 e. The molecule has 1 aromatic carbocycles. The van der Waals surface area contributed by atoms with Gasteiger partial charge in [0.05, 0.1) is 13.2 Å². The number of methoxy groups -OCH3 is 1. The van der Waals surface area contributed by atoms with E-state index in [1.54, 1.807) is 7.11 Å². The predicted molar refractivity (Wildman–Crippen MR) is 84.2 cm³/mol. The lowest BCUT2D eigenvalue weighted by Gasteiger charge is -2.28. The Kier molecular flexibility index (Phi) is 6.50. The lowest BCUT2D eigenvalue weighted by atomic mass is 9.86. The van der Waals surface area contributed by atoms with E-state index in [-0.39, 0.29) is 11.5 Å². The van der Waals surface area contributed by atoms with Crippen molar-refractivity contribution in [2.24, 2.45) is 5.41 Å². The maximum Gasteiger partial charge on any atom is 0.118 e. The highest BCUT2D eigenvalue weighted by molar-refractivity contribution is 5.27. The lowest BCUT2D eigenvalue weighted by Crippen LogP contribution is -2.37. The number of rotatable bonds is 8. The van der Waals surface area contributed by atoms with Crippen LogP contribution in [0.3, 0.4) is 0 Å². The summed E-state index contributed by atoms with van der Waals surface area (Å²) in [6.07, 6.45) is 1.56. The molecule has 2 N–H and O–H groups in total. The van der Waals surface area contributed by atoms with E-state index in [4.69, 9.17) is 4.74 Å². The average Bonchev–Trinajstić information content (AvgIpc) is 2.36. The fourth-order valence-corrected chi connectivity index (χ4v) is 2.51. The molecule has 0 aliphatic heterocycles. The van der Waals surface area contributed by atoms with Crippen molar-refractivity contribution in [3.05, 3.63) is 29.8 Å². The Hall–Kier alpha value is -1.06. The van der Waals surface area contributed by atoms with E-state index in [2.05, 4.69) is 38.2 Å². The summed E-state index contributed by atoms with van der Waals surface area (Å²) in [5.41, 5.74) is 1.42.